The molecule has 1 aliphatic rings. The zero-order valence-corrected chi connectivity index (χ0v) is 9.71. The van der Waals surface area contributed by atoms with Gasteiger partial charge in [-0.3, -0.25) is 0 Å². The maximum atomic E-state index is 8.87. The molecule has 0 spiro atoms. The number of hydrogen-bond acceptors (Lipinski definition) is 5. The molecule has 1 aromatic heterocycles. The first kappa shape index (κ1) is 11.8. The Kier molecular flexibility index (Phi) is 3.89. The van der Waals surface area contributed by atoms with Crippen molar-refractivity contribution in [2.45, 2.75) is 31.7 Å². The van der Waals surface area contributed by atoms with Crippen molar-refractivity contribution in [3.63, 3.8) is 0 Å². The predicted octanol–water partition coefficient (Wildman–Crippen LogP) is 1.09. The minimum Gasteiger partial charge on any atom is -0.396 e. The molecule has 17 heavy (non-hydrogen) atoms. The van der Waals surface area contributed by atoms with Crippen LogP contribution in [0, 0.1) is 11.3 Å². The van der Waals surface area contributed by atoms with Gasteiger partial charge in [0.05, 0.1) is 0 Å². The minimum absolute atomic E-state index is 0.226. The lowest BCUT2D eigenvalue weighted by atomic mass is 10.1. The van der Waals surface area contributed by atoms with Crippen molar-refractivity contribution >= 4 is 5.95 Å². The van der Waals surface area contributed by atoms with Crippen LogP contribution in [0.2, 0.25) is 0 Å². The van der Waals surface area contributed by atoms with Gasteiger partial charge in [-0.15, -0.1) is 0 Å². The van der Waals surface area contributed by atoms with E-state index in [4.69, 9.17) is 10.4 Å². The number of hydrogen-bond donors (Lipinski definition) is 1. The van der Waals surface area contributed by atoms with E-state index in [0.29, 0.717) is 17.7 Å². The van der Waals surface area contributed by atoms with Crippen molar-refractivity contribution in [1.29, 1.82) is 5.26 Å². The van der Waals surface area contributed by atoms with Gasteiger partial charge in [0.15, 0.2) is 0 Å². The highest BCUT2D eigenvalue weighted by atomic mass is 16.2. The Hall–Kier alpha value is -1.67. The quantitative estimate of drug-likeness (QED) is 0.841. The number of nitrogens with zero attached hydrogens (tertiary/aromatic N) is 4. The molecule has 0 bridgehead atoms. The summed E-state index contributed by atoms with van der Waals surface area (Å²) in [6.07, 6.45) is 5.62. The second kappa shape index (κ2) is 5.60. The lowest BCUT2D eigenvalue weighted by Crippen LogP contribution is -2.31. The number of aliphatic hydroxyl groups excluding tert-OH is 1. The highest BCUT2D eigenvalue weighted by Crippen LogP contribution is 2.25. The molecule has 90 valence electrons. The number of anilines is 1. The Morgan fingerprint density at radius 3 is 3.24 bits per heavy atom. The Labute approximate surface area is 101 Å². The zero-order valence-electron chi connectivity index (χ0n) is 9.71. The summed E-state index contributed by atoms with van der Waals surface area (Å²) in [6, 6.07) is 4.04. The predicted molar refractivity (Wildman–Crippen MR) is 63.4 cm³/mol. The molecule has 2 rings (SSSR count). The highest BCUT2D eigenvalue weighted by molar-refractivity contribution is 5.36. The molecular formula is C12H16N4O. The fourth-order valence-corrected chi connectivity index (χ4v) is 2.28. The molecule has 0 amide bonds. The summed E-state index contributed by atoms with van der Waals surface area (Å²) in [5.41, 5.74) is 0.405. The number of aromatic nitrogens is 2. The van der Waals surface area contributed by atoms with Gasteiger partial charge in [-0.05, 0) is 31.7 Å². The molecule has 1 aliphatic heterocycles. The maximum absolute atomic E-state index is 8.87. The van der Waals surface area contributed by atoms with Gasteiger partial charge < -0.3 is 10.0 Å². The summed E-state index contributed by atoms with van der Waals surface area (Å²) >= 11 is 0. The van der Waals surface area contributed by atoms with Gasteiger partial charge in [0.25, 0.3) is 0 Å². The third-order valence-corrected chi connectivity index (χ3v) is 3.09. The van der Waals surface area contributed by atoms with E-state index in [2.05, 4.69) is 14.9 Å². The van der Waals surface area contributed by atoms with Gasteiger partial charge in [-0.1, -0.05) is 0 Å². The second-order valence-electron chi connectivity index (χ2n) is 4.21. The van der Waals surface area contributed by atoms with E-state index in [1.165, 1.54) is 0 Å². The summed E-state index contributed by atoms with van der Waals surface area (Å²) in [7, 11) is 0. The lowest BCUT2D eigenvalue weighted by Gasteiger charge is -2.24. The zero-order chi connectivity index (χ0) is 12.1. The van der Waals surface area contributed by atoms with Crippen LogP contribution in [0.5, 0.6) is 0 Å². The Balaban J connectivity index is 2.12. The van der Waals surface area contributed by atoms with Crippen LogP contribution < -0.4 is 4.90 Å². The third-order valence-electron chi connectivity index (χ3n) is 3.09. The first-order chi connectivity index (χ1) is 8.35. The van der Waals surface area contributed by atoms with Crippen LogP contribution in [0.15, 0.2) is 12.3 Å². The molecule has 1 fully saturated rings. The average molecular weight is 232 g/mol. The van der Waals surface area contributed by atoms with Gasteiger partial charge in [0.2, 0.25) is 5.95 Å². The summed E-state index contributed by atoms with van der Waals surface area (Å²) in [5, 5.41) is 17.7. The van der Waals surface area contributed by atoms with Crippen LogP contribution in [0.4, 0.5) is 5.95 Å². The molecule has 5 heteroatoms. The van der Waals surface area contributed by atoms with Gasteiger partial charge >= 0.3 is 0 Å². The van der Waals surface area contributed by atoms with E-state index < -0.39 is 0 Å². The van der Waals surface area contributed by atoms with Crippen LogP contribution in [-0.2, 0) is 0 Å². The van der Waals surface area contributed by atoms with Crippen LogP contribution in [0.1, 0.15) is 31.4 Å². The van der Waals surface area contributed by atoms with Gasteiger partial charge in [-0.2, -0.15) is 5.26 Å². The Morgan fingerprint density at radius 2 is 2.47 bits per heavy atom. The number of aliphatic hydroxyl groups is 1. The van der Waals surface area contributed by atoms with Crippen molar-refractivity contribution in [3.8, 4) is 6.07 Å². The molecule has 0 saturated carbocycles. The SMILES string of the molecule is N#Cc1ccnc(N2CCCC2CCCO)n1. The van der Waals surface area contributed by atoms with Crippen LogP contribution in [-0.4, -0.2) is 34.3 Å². The fourth-order valence-electron chi connectivity index (χ4n) is 2.28. The van der Waals surface area contributed by atoms with Gasteiger partial charge in [0.1, 0.15) is 11.8 Å². The Bertz CT molecular complexity index is 415. The van der Waals surface area contributed by atoms with Crippen LogP contribution >= 0.6 is 0 Å². The van der Waals surface area contributed by atoms with E-state index in [9.17, 15) is 0 Å². The first-order valence-electron chi connectivity index (χ1n) is 5.96. The number of nitriles is 1. The minimum atomic E-state index is 0.226. The summed E-state index contributed by atoms with van der Waals surface area (Å²) in [5.74, 6) is 0.643. The molecule has 0 aromatic carbocycles. The summed E-state index contributed by atoms with van der Waals surface area (Å²) in [4.78, 5) is 10.6. The number of rotatable bonds is 4. The van der Waals surface area contributed by atoms with Crippen molar-refractivity contribution in [2.75, 3.05) is 18.1 Å². The molecule has 2 heterocycles. The van der Waals surface area contributed by atoms with E-state index in [1.807, 2.05) is 6.07 Å². The molecule has 0 aliphatic carbocycles. The van der Waals surface area contributed by atoms with E-state index in [0.717, 1.165) is 32.2 Å². The summed E-state index contributed by atoms with van der Waals surface area (Å²) < 4.78 is 0. The van der Waals surface area contributed by atoms with Crippen molar-refractivity contribution < 1.29 is 5.11 Å². The third kappa shape index (κ3) is 2.71. The monoisotopic (exact) mass is 232 g/mol. The average Bonchev–Trinajstić information content (AvgIpc) is 2.84. The first-order valence-corrected chi connectivity index (χ1v) is 5.96. The van der Waals surface area contributed by atoms with Gasteiger partial charge in [-0.25, -0.2) is 9.97 Å². The largest absolute Gasteiger partial charge is 0.396 e. The molecule has 1 saturated heterocycles. The van der Waals surface area contributed by atoms with Crippen molar-refractivity contribution in [3.05, 3.63) is 18.0 Å². The normalized spacial score (nSPS) is 19.3. The summed E-state index contributed by atoms with van der Waals surface area (Å²) in [6.45, 7) is 1.16. The van der Waals surface area contributed by atoms with Crippen molar-refractivity contribution in [1.82, 2.24) is 9.97 Å². The van der Waals surface area contributed by atoms with Crippen LogP contribution in [0.3, 0.4) is 0 Å². The molecule has 0 radical (unpaired) electrons. The van der Waals surface area contributed by atoms with Crippen LogP contribution in [0.25, 0.3) is 0 Å². The second-order valence-corrected chi connectivity index (χ2v) is 4.21. The smallest absolute Gasteiger partial charge is 0.226 e. The molecule has 1 aromatic rings. The molecule has 1 N–H and O–H groups in total. The fraction of sp³-hybridized carbons (Fsp3) is 0.583. The Morgan fingerprint density at radius 1 is 1.59 bits per heavy atom. The molecule has 5 nitrogen and oxygen atoms in total. The highest BCUT2D eigenvalue weighted by Gasteiger charge is 2.26. The topological polar surface area (TPSA) is 73.0 Å². The molecule has 1 unspecified atom stereocenters. The lowest BCUT2D eigenvalue weighted by molar-refractivity contribution is 0.279. The van der Waals surface area contributed by atoms with E-state index in [1.54, 1.807) is 12.3 Å². The maximum Gasteiger partial charge on any atom is 0.226 e. The molecular weight excluding hydrogens is 216 g/mol. The molecule has 1 atom stereocenters. The van der Waals surface area contributed by atoms with E-state index in [-0.39, 0.29) is 6.61 Å². The van der Waals surface area contributed by atoms with Crippen molar-refractivity contribution in [2.24, 2.45) is 0 Å². The standard InChI is InChI=1S/C12H16N4O/c13-9-10-5-6-14-12(15-10)16-7-1-3-11(16)4-2-8-17/h5-6,11,17H,1-4,7-8H2. The van der Waals surface area contributed by atoms with E-state index >= 15 is 0 Å². The van der Waals surface area contributed by atoms with Gasteiger partial charge in [0, 0.05) is 25.4 Å².